The molecule has 0 aromatic carbocycles. The maximum absolute atomic E-state index is 11.2. The molecule has 0 radical (unpaired) electrons. The molecule has 0 fully saturated rings. The monoisotopic (exact) mass is 264 g/mol. The van der Waals surface area contributed by atoms with E-state index < -0.39 is 0 Å². The van der Waals surface area contributed by atoms with Crippen LogP contribution in [-0.4, -0.2) is 34.3 Å². The van der Waals surface area contributed by atoms with Crippen LogP contribution < -0.4 is 0 Å². The Morgan fingerprint density at radius 3 is 2.80 bits per heavy atom. The van der Waals surface area contributed by atoms with Gasteiger partial charge in [-0.15, -0.1) is 10.2 Å². The second-order valence-corrected chi connectivity index (χ2v) is 6.63. The number of hydrogen-bond donors (Lipinski definition) is 0. The van der Waals surface area contributed by atoms with Gasteiger partial charge in [0, 0.05) is 0 Å². The van der Waals surface area contributed by atoms with Crippen LogP contribution in [0.15, 0.2) is 8.68 Å². The topological polar surface area (TPSA) is 52.1 Å². The van der Waals surface area contributed by atoms with E-state index in [0.29, 0.717) is 0 Å². The van der Waals surface area contributed by atoms with Gasteiger partial charge in [0.2, 0.25) is 0 Å². The molecular formula is C8H12N2O2S3. The van der Waals surface area contributed by atoms with Crippen LogP contribution in [0.3, 0.4) is 0 Å². The van der Waals surface area contributed by atoms with Gasteiger partial charge in [-0.3, -0.25) is 4.79 Å². The lowest BCUT2D eigenvalue weighted by atomic mass is 10.5. The van der Waals surface area contributed by atoms with Crippen LogP contribution in [0.4, 0.5) is 0 Å². The molecule has 0 aliphatic heterocycles. The van der Waals surface area contributed by atoms with Gasteiger partial charge in [0.25, 0.3) is 0 Å². The first-order valence-corrected chi connectivity index (χ1v) is 7.06. The van der Waals surface area contributed by atoms with Crippen molar-refractivity contribution in [2.45, 2.75) is 27.8 Å². The fraction of sp³-hybridized carbons (Fsp3) is 0.625. The fourth-order valence-electron chi connectivity index (χ4n) is 0.792. The van der Waals surface area contributed by atoms with E-state index in [-0.39, 0.29) is 11.2 Å². The molecular weight excluding hydrogens is 252 g/mol. The molecule has 0 spiro atoms. The smallest absolute Gasteiger partial charge is 0.318 e. The molecule has 1 rings (SSSR count). The summed E-state index contributed by atoms with van der Waals surface area (Å²) in [6, 6.07) is 0. The number of carbonyl (C=O) groups is 1. The third kappa shape index (κ3) is 4.00. The van der Waals surface area contributed by atoms with Gasteiger partial charge in [-0.1, -0.05) is 41.8 Å². The van der Waals surface area contributed by atoms with E-state index in [2.05, 4.69) is 21.9 Å². The lowest BCUT2D eigenvalue weighted by Crippen LogP contribution is -2.14. The van der Waals surface area contributed by atoms with E-state index in [0.717, 1.165) is 14.4 Å². The Hall–Kier alpha value is -0.270. The van der Waals surface area contributed by atoms with Crippen LogP contribution in [-0.2, 0) is 9.53 Å². The van der Waals surface area contributed by atoms with Crippen LogP contribution in [0.1, 0.15) is 13.8 Å². The van der Waals surface area contributed by atoms with Gasteiger partial charge in [-0.25, -0.2) is 0 Å². The number of aromatic nitrogens is 2. The van der Waals surface area contributed by atoms with E-state index in [1.54, 1.807) is 18.7 Å². The molecule has 15 heavy (non-hydrogen) atoms. The number of rotatable bonds is 5. The summed E-state index contributed by atoms with van der Waals surface area (Å²) in [4.78, 5) is 11.2. The van der Waals surface area contributed by atoms with Crippen LogP contribution in [0.5, 0.6) is 0 Å². The van der Waals surface area contributed by atoms with Crippen molar-refractivity contribution in [2.75, 3.05) is 12.9 Å². The Kier molecular flexibility index (Phi) is 5.41. The highest BCUT2D eigenvalue weighted by Crippen LogP contribution is 2.31. The largest absolute Gasteiger partial charge is 0.468 e. The summed E-state index contributed by atoms with van der Waals surface area (Å²) in [6.07, 6.45) is 0. The molecule has 0 bridgehead atoms. The van der Waals surface area contributed by atoms with E-state index in [1.807, 2.05) is 0 Å². The summed E-state index contributed by atoms with van der Waals surface area (Å²) >= 11 is 4.54. The number of esters is 1. The molecule has 1 aromatic heterocycles. The van der Waals surface area contributed by atoms with Crippen molar-refractivity contribution in [1.82, 2.24) is 10.2 Å². The van der Waals surface area contributed by atoms with Crippen molar-refractivity contribution in [1.29, 1.82) is 0 Å². The molecule has 0 aliphatic rings. The summed E-state index contributed by atoms with van der Waals surface area (Å²) in [5, 5.41) is 7.76. The summed E-state index contributed by atoms with van der Waals surface area (Å²) < 4.78 is 6.38. The zero-order valence-corrected chi connectivity index (χ0v) is 11.2. The third-order valence-electron chi connectivity index (χ3n) is 1.47. The molecule has 1 aromatic rings. The van der Waals surface area contributed by atoms with Gasteiger partial charge < -0.3 is 4.74 Å². The summed E-state index contributed by atoms with van der Waals surface area (Å²) in [5.74, 6) is 0.742. The van der Waals surface area contributed by atoms with Crippen LogP contribution in [0, 0.1) is 0 Å². The third-order valence-corrected chi connectivity index (χ3v) is 4.57. The van der Waals surface area contributed by atoms with E-state index in [9.17, 15) is 4.79 Å². The lowest BCUT2D eigenvalue weighted by molar-refractivity contribution is -0.139. The Balaban J connectivity index is 2.53. The molecule has 4 nitrogen and oxygen atoms in total. The van der Waals surface area contributed by atoms with Gasteiger partial charge in [0.05, 0.1) is 7.11 Å². The number of ether oxygens (including phenoxy) is 1. The van der Waals surface area contributed by atoms with Gasteiger partial charge in [0.1, 0.15) is 5.25 Å². The fourth-order valence-corrected chi connectivity index (χ4v) is 3.88. The minimum Gasteiger partial charge on any atom is -0.468 e. The van der Waals surface area contributed by atoms with Crippen LogP contribution in [0.25, 0.3) is 0 Å². The van der Waals surface area contributed by atoms with Crippen molar-refractivity contribution >= 4 is 40.8 Å². The first-order chi connectivity index (χ1) is 7.17. The maximum Gasteiger partial charge on any atom is 0.318 e. The maximum atomic E-state index is 11.2. The van der Waals surface area contributed by atoms with Gasteiger partial charge in [-0.05, 0) is 12.7 Å². The summed E-state index contributed by atoms with van der Waals surface area (Å²) in [5.41, 5.74) is 0. The Morgan fingerprint density at radius 1 is 1.53 bits per heavy atom. The second kappa shape index (κ2) is 6.34. The molecule has 0 aliphatic carbocycles. The number of carbonyl (C=O) groups excluding carboxylic acids is 1. The summed E-state index contributed by atoms with van der Waals surface area (Å²) in [6.45, 7) is 3.86. The SMILES string of the molecule is CCSc1nnc(SC(C)C(=O)OC)s1. The highest BCUT2D eigenvalue weighted by atomic mass is 32.2. The van der Waals surface area contributed by atoms with Gasteiger partial charge in [0.15, 0.2) is 8.68 Å². The predicted molar refractivity (Wildman–Crippen MR) is 63.6 cm³/mol. The average molecular weight is 264 g/mol. The predicted octanol–water partition coefficient (Wildman–Crippen LogP) is 2.30. The molecule has 1 unspecified atom stereocenters. The highest BCUT2D eigenvalue weighted by molar-refractivity contribution is 8.03. The molecule has 0 saturated carbocycles. The zero-order chi connectivity index (χ0) is 11.3. The number of hydrogen-bond acceptors (Lipinski definition) is 7. The number of thioether (sulfide) groups is 2. The lowest BCUT2D eigenvalue weighted by Gasteiger charge is -2.04. The number of nitrogens with zero attached hydrogens (tertiary/aromatic N) is 2. The minimum atomic E-state index is -0.236. The minimum absolute atomic E-state index is 0.234. The second-order valence-electron chi connectivity index (χ2n) is 2.55. The Labute approximate surface area is 101 Å². The Morgan fingerprint density at radius 2 is 2.20 bits per heavy atom. The van der Waals surface area contributed by atoms with E-state index in [4.69, 9.17) is 0 Å². The first-order valence-electron chi connectivity index (χ1n) is 4.38. The van der Waals surface area contributed by atoms with Crippen molar-refractivity contribution in [3.63, 3.8) is 0 Å². The van der Waals surface area contributed by atoms with Crippen LogP contribution >= 0.6 is 34.9 Å². The molecule has 0 amide bonds. The molecule has 1 heterocycles. The van der Waals surface area contributed by atoms with Gasteiger partial charge in [-0.2, -0.15) is 0 Å². The first kappa shape index (κ1) is 12.8. The van der Waals surface area contributed by atoms with Gasteiger partial charge >= 0.3 is 5.97 Å². The van der Waals surface area contributed by atoms with Crippen molar-refractivity contribution in [2.24, 2.45) is 0 Å². The average Bonchev–Trinajstić information content (AvgIpc) is 2.65. The normalized spacial score (nSPS) is 12.5. The molecule has 0 saturated heterocycles. The Bertz CT molecular complexity index is 329. The number of methoxy groups -OCH3 is 1. The van der Waals surface area contributed by atoms with E-state index >= 15 is 0 Å². The molecule has 7 heteroatoms. The van der Waals surface area contributed by atoms with Crippen molar-refractivity contribution < 1.29 is 9.53 Å². The van der Waals surface area contributed by atoms with Crippen molar-refractivity contribution in [3.8, 4) is 0 Å². The van der Waals surface area contributed by atoms with Crippen molar-refractivity contribution in [3.05, 3.63) is 0 Å². The highest BCUT2D eigenvalue weighted by Gasteiger charge is 2.17. The molecule has 0 N–H and O–H groups in total. The molecule has 84 valence electrons. The standard InChI is InChI=1S/C8H12N2O2S3/c1-4-13-7-9-10-8(15-7)14-5(2)6(11)12-3/h5H,4H2,1-3H3. The molecule has 1 atom stereocenters. The van der Waals surface area contributed by atoms with E-state index in [1.165, 1.54) is 30.2 Å². The van der Waals surface area contributed by atoms with Crippen LogP contribution in [0.2, 0.25) is 0 Å². The quantitative estimate of drug-likeness (QED) is 0.601. The summed E-state index contributed by atoms with van der Waals surface area (Å²) in [7, 11) is 1.39. The zero-order valence-electron chi connectivity index (χ0n) is 8.72.